The van der Waals surface area contributed by atoms with Crippen LogP contribution >= 0.6 is 11.6 Å². The van der Waals surface area contributed by atoms with E-state index in [2.05, 4.69) is 10.5 Å². The number of carbonyl (C=O) groups is 1. The fourth-order valence-corrected chi connectivity index (χ4v) is 1.92. The number of nitrogens with one attached hydrogen (secondary N) is 1. The van der Waals surface area contributed by atoms with Crippen molar-refractivity contribution in [2.45, 2.75) is 0 Å². The number of rotatable bonds is 5. The highest BCUT2D eigenvalue weighted by Gasteiger charge is 2.23. The number of halogens is 1. The van der Waals surface area contributed by atoms with E-state index >= 15 is 0 Å². The van der Waals surface area contributed by atoms with E-state index in [1.54, 1.807) is 0 Å². The minimum atomic E-state index is -0.966. The van der Waals surface area contributed by atoms with Crippen LogP contribution in [0.1, 0.15) is 15.9 Å². The smallest absolute Gasteiger partial charge is 0.318 e. The van der Waals surface area contributed by atoms with Gasteiger partial charge in [0.15, 0.2) is 0 Å². The first-order valence-corrected chi connectivity index (χ1v) is 6.92. The Kier molecular flexibility index (Phi) is 5.25. The molecule has 11 heteroatoms. The quantitative estimate of drug-likeness (QED) is 0.473. The van der Waals surface area contributed by atoms with Crippen molar-refractivity contribution in [1.29, 1.82) is 0 Å². The molecule has 0 spiro atoms. The summed E-state index contributed by atoms with van der Waals surface area (Å²) < 4.78 is 0. The highest BCUT2D eigenvalue weighted by Crippen LogP contribution is 2.33. The van der Waals surface area contributed by atoms with E-state index in [0.717, 1.165) is 12.3 Å². The summed E-state index contributed by atoms with van der Waals surface area (Å²) in [6.07, 6.45) is 0.864. The van der Waals surface area contributed by atoms with E-state index < -0.39 is 32.9 Å². The van der Waals surface area contributed by atoms with Crippen LogP contribution in [-0.4, -0.2) is 27.1 Å². The van der Waals surface area contributed by atoms with Crippen LogP contribution in [0.15, 0.2) is 41.5 Å². The van der Waals surface area contributed by atoms with Gasteiger partial charge in [-0.3, -0.25) is 25.0 Å². The fraction of sp³-hybridized carbons (Fsp3) is 0. The molecule has 10 nitrogen and oxygen atoms in total. The number of non-ortho nitro benzene ring substituents is 1. The number of phenolic OH excluding ortho intramolecular Hbond substituents is 1. The Morgan fingerprint density at radius 3 is 2.36 bits per heavy atom. The molecule has 0 fully saturated rings. The summed E-state index contributed by atoms with van der Waals surface area (Å²) >= 11 is 5.70. The van der Waals surface area contributed by atoms with Crippen molar-refractivity contribution in [3.63, 3.8) is 0 Å². The summed E-state index contributed by atoms with van der Waals surface area (Å²) in [4.78, 5) is 31.7. The number of aromatic hydroxyl groups is 1. The lowest BCUT2D eigenvalue weighted by Gasteiger charge is -2.02. The molecule has 2 N–H and O–H groups in total. The van der Waals surface area contributed by atoms with Crippen LogP contribution in [0.4, 0.5) is 11.4 Å². The van der Waals surface area contributed by atoms with Crippen molar-refractivity contribution in [2.24, 2.45) is 5.10 Å². The molecule has 0 saturated carbocycles. The number of nitrogens with zero attached hydrogens (tertiary/aromatic N) is 3. The topological polar surface area (TPSA) is 148 Å². The first-order valence-electron chi connectivity index (χ1n) is 6.54. The van der Waals surface area contributed by atoms with Crippen LogP contribution in [0.5, 0.6) is 5.75 Å². The van der Waals surface area contributed by atoms with Gasteiger partial charge < -0.3 is 5.11 Å². The first-order chi connectivity index (χ1) is 11.8. The zero-order valence-corrected chi connectivity index (χ0v) is 13.0. The molecular weight excluding hydrogens is 356 g/mol. The maximum absolute atomic E-state index is 11.8. The van der Waals surface area contributed by atoms with Gasteiger partial charge in [-0.2, -0.15) is 5.10 Å². The molecule has 0 aromatic heterocycles. The molecular formula is C14H9ClN4O6. The number of nitro benzene ring substituents is 2. The number of benzene rings is 2. The van der Waals surface area contributed by atoms with E-state index in [4.69, 9.17) is 11.6 Å². The van der Waals surface area contributed by atoms with Crippen LogP contribution < -0.4 is 5.43 Å². The zero-order valence-electron chi connectivity index (χ0n) is 12.2. The normalized spacial score (nSPS) is 10.6. The van der Waals surface area contributed by atoms with Crippen molar-refractivity contribution in [3.8, 4) is 5.75 Å². The predicted octanol–water partition coefficient (Wildman–Crippen LogP) is 2.63. The molecule has 0 aliphatic heterocycles. The number of carbonyl (C=O) groups excluding carboxylic acids is 1. The number of hydrazone groups is 1. The predicted molar refractivity (Wildman–Crippen MR) is 87.9 cm³/mol. The summed E-state index contributed by atoms with van der Waals surface area (Å²) in [5, 5.41) is 35.4. The van der Waals surface area contributed by atoms with Crippen molar-refractivity contribution >= 4 is 35.1 Å². The standard InChI is InChI=1S/C14H9ClN4O6/c15-10-3-1-8(2-4-10)14(21)17-16-7-9-5-11(18(22)23)6-12(13(9)20)19(24)25/h1-7,20H,(H,17,21)/b16-7+. The minimum Gasteiger partial charge on any atom is -0.502 e. The van der Waals surface area contributed by atoms with Crippen LogP contribution in [0, 0.1) is 20.2 Å². The molecule has 0 atom stereocenters. The van der Waals surface area contributed by atoms with E-state index in [9.17, 15) is 30.1 Å². The summed E-state index contributed by atoms with van der Waals surface area (Å²) in [7, 11) is 0. The third kappa shape index (κ3) is 4.26. The van der Waals surface area contributed by atoms with Crippen molar-refractivity contribution in [3.05, 3.63) is 72.8 Å². The van der Waals surface area contributed by atoms with E-state index in [1.807, 2.05) is 0 Å². The molecule has 25 heavy (non-hydrogen) atoms. The molecule has 2 rings (SSSR count). The van der Waals surface area contributed by atoms with Crippen molar-refractivity contribution < 1.29 is 19.7 Å². The van der Waals surface area contributed by atoms with Gasteiger partial charge >= 0.3 is 5.69 Å². The van der Waals surface area contributed by atoms with Crippen molar-refractivity contribution in [2.75, 3.05) is 0 Å². The van der Waals surface area contributed by atoms with Gasteiger partial charge in [0.05, 0.1) is 27.7 Å². The largest absolute Gasteiger partial charge is 0.502 e. The third-order valence-electron chi connectivity index (χ3n) is 2.99. The lowest BCUT2D eigenvalue weighted by Crippen LogP contribution is -2.17. The van der Waals surface area contributed by atoms with E-state index in [1.165, 1.54) is 24.3 Å². The fourth-order valence-electron chi connectivity index (χ4n) is 1.79. The van der Waals surface area contributed by atoms with E-state index in [-0.39, 0.29) is 11.1 Å². The first kappa shape index (κ1) is 17.8. The van der Waals surface area contributed by atoms with Gasteiger partial charge in [-0.25, -0.2) is 5.43 Å². The second kappa shape index (κ2) is 7.36. The number of phenols is 1. The van der Waals surface area contributed by atoms with Crippen LogP contribution in [0.25, 0.3) is 0 Å². The van der Waals surface area contributed by atoms with Crippen LogP contribution in [-0.2, 0) is 0 Å². The molecule has 0 aliphatic carbocycles. The Labute approximate surface area is 144 Å². The van der Waals surface area contributed by atoms with Crippen molar-refractivity contribution in [1.82, 2.24) is 5.43 Å². The Morgan fingerprint density at radius 2 is 1.80 bits per heavy atom. The molecule has 1 amide bonds. The van der Waals surface area contributed by atoms with Gasteiger partial charge in [0.25, 0.3) is 11.6 Å². The summed E-state index contributed by atoms with van der Waals surface area (Å²) in [5.41, 5.74) is 0.631. The highest BCUT2D eigenvalue weighted by atomic mass is 35.5. The zero-order chi connectivity index (χ0) is 18.6. The molecule has 0 aliphatic rings. The minimum absolute atomic E-state index is 0.246. The van der Waals surface area contributed by atoms with E-state index in [0.29, 0.717) is 11.1 Å². The molecule has 0 saturated heterocycles. The molecule has 2 aromatic carbocycles. The van der Waals surface area contributed by atoms with Crippen LogP contribution in [0.2, 0.25) is 5.02 Å². The molecule has 0 unspecified atom stereocenters. The monoisotopic (exact) mass is 364 g/mol. The lowest BCUT2D eigenvalue weighted by atomic mass is 10.1. The molecule has 128 valence electrons. The number of hydrogen-bond acceptors (Lipinski definition) is 7. The summed E-state index contributed by atoms with van der Waals surface area (Å²) in [5.74, 6) is -1.41. The molecule has 0 heterocycles. The van der Waals surface area contributed by atoms with Gasteiger partial charge in [-0.15, -0.1) is 0 Å². The average molecular weight is 365 g/mol. The Morgan fingerprint density at radius 1 is 1.16 bits per heavy atom. The summed E-state index contributed by atoms with van der Waals surface area (Å²) in [6.45, 7) is 0. The third-order valence-corrected chi connectivity index (χ3v) is 3.24. The number of nitro groups is 2. The number of hydrogen-bond donors (Lipinski definition) is 2. The SMILES string of the molecule is O=C(N/N=C/c1cc([N+](=O)[O-])cc([N+](=O)[O-])c1O)c1ccc(Cl)cc1. The van der Waals surface area contributed by atoms with Gasteiger partial charge in [-0.05, 0) is 24.3 Å². The van der Waals surface area contributed by atoms with Gasteiger partial charge in [0, 0.05) is 16.7 Å². The molecule has 0 radical (unpaired) electrons. The Hall–Kier alpha value is -3.53. The second-order valence-electron chi connectivity index (χ2n) is 4.62. The van der Waals surface area contributed by atoms with Gasteiger partial charge in [0.2, 0.25) is 5.75 Å². The molecule has 0 bridgehead atoms. The maximum atomic E-state index is 11.8. The second-order valence-corrected chi connectivity index (χ2v) is 5.06. The summed E-state index contributed by atoms with van der Waals surface area (Å²) in [6, 6.07) is 7.40. The lowest BCUT2D eigenvalue weighted by molar-refractivity contribution is -0.394. The molecule has 2 aromatic rings. The van der Waals surface area contributed by atoms with Crippen LogP contribution in [0.3, 0.4) is 0 Å². The Balaban J connectivity index is 2.25. The van der Waals surface area contributed by atoms with Gasteiger partial charge in [-0.1, -0.05) is 11.6 Å². The number of amides is 1. The maximum Gasteiger partial charge on any atom is 0.318 e. The highest BCUT2D eigenvalue weighted by molar-refractivity contribution is 6.30. The average Bonchev–Trinajstić information content (AvgIpc) is 2.56. The Bertz CT molecular complexity index is 882. The van der Waals surface area contributed by atoms with Gasteiger partial charge in [0.1, 0.15) is 0 Å².